The summed E-state index contributed by atoms with van der Waals surface area (Å²) in [7, 11) is 3.39. The average molecular weight is 400 g/mol. The molecule has 0 bridgehead atoms. The van der Waals surface area contributed by atoms with Crippen LogP contribution in [0.2, 0.25) is 0 Å². The fourth-order valence-electron chi connectivity index (χ4n) is 1.87. The van der Waals surface area contributed by atoms with Crippen molar-refractivity contribution in [3.63, 3.8) is 0 Å². The molecule has 106 valence electrons. The Morgan fingerprint density at radius 2 is 1.10 bits per heavy atom. The van der Waals surface area contributed by atoms with Crippen molar-refractivity contribution < 1.29 is 9.47 Å². The van der Waals surface area contributed by atoms with Gasteiger partial charge in [0, 0.05) is 0 Å². The van der Waals surface area contributed by atoms with Gasteiger partial charge in [0.2, 0.25) is 0 Å². The number of methoxy groups -OCH3 is 2. The molecule has 2 nitrogen and oxygen atoms in total. The SMILES string of the molecule is COc1ccc(C[Se](=[Se])Cc2ccc(OC)cc2)cc1. The molecule has 2 aromatic carbocycles. The zero-order chi connectivity index (χ0) is 14.4. The molecule has 0 spiro atoms. The molecule has 0 unspecified atom stereocenters. The number of benzene rings is 2. The van der Waals surface area contributed by atoms with Crippen LogP contribution in [0, 0.1) is 0 Å². The van der Waals surface area contributed by atoms with Crippen molar-refractivity contribution in [1.29, 1.82) is 0 Å². The summed E-state index contributed by atoms with van der Waals surface area (Å²) in [4.78, 5) is 0. The summed E-state index contributed by atoms with van der Waals surface area (Å²) in [6.07, 6.45) is 0. The summed E-state index contributed by atoms with van der Waals surface area (Å²) >= 11 is 2.62. The fourth-order valence-corrected chi connectivity index (χ4v) is 7.42. The molecule has 2 rings (SSSR count). The molecule has 2 aromatic rings. The summed E-state index contributed by atoms with van der Waals surface area (Å²) in [5.41, 5.74) is 2.76. The molecule has 0 saturated carbocycles. The van der Waals surface area contributed by atoms with E-state index in [1.807, 2.05) is 24.3 Å². The molecule has 0 radical (unpaired) electrons. The second kappa shape index (κ2) is 7.75. The van der Waals surface area contributed by atoms with Gasteiger partial charge in [-0.25, -0.2) is 0 Å². The van der Waals surface area contributed by atoms with Crippen LogP contribution in [0.3, 0.4) is 0 Å². The third-order valence-electron chi connectivity index (χ3n) is 2.97. The first-order chi connectivity index (χ1) is 9.71. The third-order valence-corrected chi connectivity index (χ3v) is 8.29. The molecule has 0 atom stereocenters. The van der Waals surface area contributed by atoms with E-state index >= 15 is 0 Å². The van der Waals surface area contributed by atoms with E-state index in [9.17, 15) is 0 Å². The molecule has 20 heavy (non-hydrogen) atoms. The maximum absolute atomic E-state index is 5.18. The Morgan fingerprint density at radius 3 is 1.40 bits per heavy atom. The predicted molar refractivity (Wildman–Crippen MR) is 84.9 cm³/mol. The molecule has 0 aliphatic rings. The van der Waals surface area contributed by atoms with Crippen molar-refractivity contribution in [3.05, 3.63) is 59.7 Å². The molecule has 0 aliphatic carbocycles. The maximum atomic E-state index is 5.18. The number of rotatable bonds is 6. The van der Waals surface area contributed by atoms with Crippen molar-refractivity contribution in [1.82, 2.24) is 0 Å². The van der Waals surface area contributed by atoms with Gasteiger partial charge in [0.05, 0.1) is 0 Å². The van der Waals surface area contributed by atoms with Gasteiger partial charge in [-0.2, -0.15) is 0 Å². The van der Waals surface area contributed by atoms with Gasteiger partial charge >= 0.3 is 131 Å². The molecule has 0 N–H and O–H groups in total. The van der Waals surface area contributed by atoms with Crippen LogP contribution in [-0.2, 0) is 10.6 Å². The van der Waals surface area contributed by atoms with Crippen LogP contribution < -0.4 is 9.47 Å². The number of hydrogen-bond acceptors (Lipinski definition) is 2. The van der Waals surface area contributed by atoms with E-state index in [0.717, 1.165) is 22.1 Å². The van der Waals surface area contributed by atoms with E-state index < -0.39 is 11.5 Å². The molecular weight excluding hydrogens is 382 g/mol. The zero-order valence-corrected chi connectivity index (χ0v) is 15.1. The molecule has 0 aromatic heterocycles. The summed E-state index contributed by atoms with van der Waals surface area (Å²) in [5.74, 6) is 1.83. The molecule has 0 saturated heterocycles. The van der Waals surface area contributed by atoms with Crippen LogP contribution >= 0.6 is 0 Å². The van der Waals surface area contributed by atoms with Crippen LogP contribution in [0.25, 0.3) is 0 Å². The van der Waals surface area contributed by atoms with Gasteiger partial charge in [-0.05, 0) is 0 Å². The van der Waals surface area contributed by atoms with Gasteiger partial charge in [-0.1, -0.05) is 0 Å². The normalized spacial score (nSPS) is 10.6. The van der Waals surface area contributed by atoms with E-state index in [0.29, 0.717) is 0 Å². The summed E-state index contributed by atoms with van der Waals surface area (Å²) < 4.78 is 10.4. The van der Waals surface area contributed by atoms with Crippen molar-refractivity contribution in [2.75, 3.05) is 14.2 Å². The van der Waals surface area contributed by atoms with E-state index in [2.05, 4.69) is 37.9 Å². The molecule has 0 amide bonds. The van der Waals surface area contributed by atoms with Crippen LogP contribution in [-0.4, -0.2) is 39.4 Å². The second-order valence-corrected chi connectivity index (χ2v) is 12.6. The first-order valence-electron chi connectivity index (χ1n) is 6.32. The third kappa shape index (κ3) is 4.57. The second-order valence-electron chi connectivity index (χ2n) is 4.42. The van der Waals surface area contributed by atoms with E-state index in [-0.39, 0.29) is 0 Å². The van der Waals surface area contributed by atoms with Gasteiger partial charge in [0.25, 0.3) is 0 Å². The molecular formula is C16H18O2Se2. The average Bonchev–Trinajstić information content (AvgIpc) is 2.49. The Kier molecular flexibility index (Phi) is 6.00. The predicted octanol–water partition coefficient (Wildman–Crippen LogP) is 2.73. The van der Waals surface area contributed by atoms with E-state index in [4.69, 9.17) is 9.47 Å². The van der Waals surface area contributed by atoms with Gasteiger partial charge in [-0.15, -0.1) is 0 Å². The number of ether oxygens (including phenoxy) is 2. The van der Waals surface area contributed by atoms with Gasteiger partial charge in [0.15, 0.2) is 0 Å². The molecule has 4 heteroatoms. The fraction of sp³-hybridized carbons (Fsp3) is 0.250. The monoisotopic (exact) mass is 402 g/mol. The first kappa shape index (κ1) is 15.5. The van der Waals surface area contributed by atoms with Crippen LogP contribution in [0.4, 0.5) is 0 Å². The van der Waals surface area contributed by atoms with Crippen molar-refractivity contribution in [3.8, 4) is 11.5 Å². The summed E-state index contributed by atoms with van der Waals surface area (Å²) in [6.45, 7) is 0. The van der Waals surface area contributed by atoms with Crippen molar-refractivity contribution in [2.24, 2.45) is 0 Å². The quantitative estimate of drug-likeness (QED) is 0.695. The molecule has 0 fully saturated rings. The van der Waals surface area contributed by atoms with Gasteiger partial charge < -0.3 is 0 Å². The Morgan fingerprint density at radius 1 is 0.750 bits per heavy atom. The topological polar surface area (TPSA) is 18.5 Å². The van der Waals surface area contributed by atoms with E-state index in [1.54, 1.807) is 14.2 Å². The Hall–Kier alpha value is -0.921. The Balaban J connectivity index is 1.93. The minimum atomic E-state index is -0.772. The first-order valence-corrected chi connectivity index (χ1v) is 13.1. The zero-order valence-electron chi connectivity index (χ0n) is 11.7. The van der Waals surface area contributed by atoms with Crippen molar-refractivity contribution in [2.45, 2.75) is 10.6 Å². The van der Waals surface area contributed by atoms with Gasteiger partial charge in [0.1, 0.15) is 0 Å². The molecule has 0 heterocycles. The van der Waals surface area contributed by atoms with Crippen LogP contribution in [0.15, 0.2) is 48.5 Å². The Labute approximate surface area is 130 Å². The standard InChI is InChI=1S/C16H18O2Se2/c1-17-15-7-3-13(4-8-15)11-20(19)12-14-5-9-16(18-2)10-6-14/h3-10H,11-12H2,1-2H3. The summed E-state index contributed by atoms with van der Waals surface area (Å²) in [6, 6.07) is 16.7. The van der Waals surface area contributed by atoms with E-state index in [1.165, 1.54) is 11.1 Å². The van der Waals surface area contributed by atoms with Crippen LogP contribution in [0.1, 0.15) is 11.1 Å². The summed E-state index contributed by atoms with van der Waals surface area (Å²) in [5, 5.41) is 2.30. The van der Waals surface area contributed by atoms with Crippen molar-refractivity contribution >= 4 is 25.2 Å². The Bertz CT molecular complexity index is 511. The van der Waals surface area contributed by atoms with Gasteiger partial charge in [-0.3, -0.25) is 0 Å². The van der Waals surface area contributed by atoms with Crippen LogP contribution in [0.5, 0.6) is 11.5 Å². The molecule has 0 aliphatic heterocycles. The minimum absolute atomic E-state index is 0.772. The number of hydrogen-bond donors (Lipinski definition) is 0.